The average Bonchev–Trinajstić information content (AvgIpc) is 2.45. The zero-order valence-corrected chi connectivity index (χ0v) is 12.0. The summed E-state index contributed by atoms with van der Waals surface area (Å²) in [7, 11) is 0. The molecule has 0 spiro atoms. The van der Waals surface area contributed by atoms with E-state index in [2.05, 4.69) is 13.0 Å². The quantitative estimate of drug-likeness (QED) is 0.926. The Balaban J connectivity index is 2.34. The number of nitrogens with two attached hydrogens (primary N) is 1. The third-order valence-corrected chi connectivity index (χ3v) is 3.38. The maximum absolute atomic E-state index is 12.1. The highest BCUT2D eigenvalue weighted by Crippen LogP contribution is 2.20. The summed E-state index contributed by atoms with van der Waals surface area (Å²) in [5.41, 5.74) is 9.88. The fourth-order valence-electron chi connectivity index (χ4n) is 2.19. The number of benzene rings is 2. The topological polar surface area (TPSA) is 46.3 Å². The van der Waals surface area contributed by atoms with Crippen LogP contribution in [0.3, 0.4) is 0 Å². The molecule has 0 bridgehead atoms. The first-order valence-electron chi connectivity index (χ1n) is 6.73. The largest absolute Gasteiger partial charge is 0.322 e. The molecule has 2 aromatic carbocycles. The lowest BCUT2D eigenvalue weighted by atomic mass is 10.1. The van der Waals surface area contributed by atoms with Crippen LogP contribution in [-0.2, 0) is 11.3 Å². The summed E-state index contributed by atoms with van der Waals surface area (Å²) >= 11 is 0. The summed E-state index contributed by atoms with van der Waals surface area (Å²) in [6.07, 6.45) is 0. The molecule has 0 heterocycles. The summed E-state index contributed by atoms with van der Waals surface area (Å²) in [5.74, 6) is -0.0705. The van der Waals surface area contributed by atoms with Gasteiger partial charge >= 0.3 is 0 Å². The van der Waals surface area contributed by atoms with Gasteiger partial charge in [0.15, 0.2) is 0 Å². The van der Waals surface area contributed by atoms with Gasteiger partial charge in [0.25, 0.3) is 0 Å². The maximum Gasteiger partial charge on any atom is 0.241 e. The van der Waals surface area contributed by atoms with Crippen molar-refractivity contribution in [1.82, 2.24) is 0 Å². The highest BCUT2D eigenvalue weighted by molar-refractivity contribution is 5.94. The van der Waals surface area contributed by atoms with Crippen LogP contribution in [0.5, 0.6) is 0 Å². The fourth-order valence-corrected chi connectivity index (χ4v) is 2.19. The first-order valence-corrected chi connectivity index (χ1v) is 6.73. The molecule has 3 nitrogen and oxygen atoms in total. The van der Waals surface area contributed by atoms with Crippen LogP contribution in [0.2, 0.25) is 0 Å². The van der Waals surface area contributed by atoms with Crippen molar-refractivity contribution in [3.05, 3.63) is 65.2 Å². The van der Waals surface area contributed by atoms with E-state index in [0.717, 1.165) is 16.8 Å². The van der Waals surface area contributed by atoms with Gasteiger partial charge in [-0.1, -0.05) is 36.4 Å². The molecule has 2 rings (SSSR count). The maximum atomic E-state index is 12.1. The second-order valence-corrected chi connectivity index (χ2v) is 4.95. The standard InChI is InChI=1S/C17H20N2O/c1-13-6-5-9-16(10-13)19(17(20)11-18)12-15-8-4-3-7-14(15)2/h3-10H,11-12,18H2,1-2H3. The lowest BCUT2D eigenvalue weighted by Gasteiger charge is -2.23. The van der Waals surface area contributed by atoms with Crippen molar-refractivity contribution in [3.8, 4) is 0 Å². The number of hydrogen-bond acceptors (Lipinski definition) is 2. The SMILES string of the molecule is Cc1cccc(N(Cc2ccccc2C)C(=O)CN)c1. The van der Waals surface area contributed by atoms with Crippen molar-refractivity contribution in [2.75, 3.05) is 11.4 Å². The number of anilines is 1. The van der Waals surface area contributed by atoms with Gasteiger partial charge in [0.05, 0.1) is 13.1 Å². The number of amides is 1. The van der Waals surface area contributed by atoms with E-state index in [4.69, 9.17) is 5.73 Å². The minimum atomic E-state index is -0.0705. The van der Waals surface area contributed by atoms with Gasteiger partial charge in [-0.05, 0) is 42.7 Å². The molecule has 0 fully saturated rings. The van der Waals surface area contributed by atoms with E-state index in [1.54, 1.807) is 4.90 Å². The molecule has 0 atom stereocenters. The van der Waals surface area contributed by atoms with Crippen LogP contribution in [0.1, 0.15) is 16.7 Å². The molecule has 0 aliphatic carbocycles. The number of carbonyl (C=O) groups excluding carboxylic acids is 1. The highest BCUT2D eigenvalue weighted by Gasteiger charge is 2.15. The van der Waals surface area contributed by atoms with E-state index in [9.17, 15) is 4.79 Å². The Morgan fingerprint density at radius 1 is 1.10 bits per heavy atom. The molecule has 3 heteroatoms. The van der Waals surface area contributed by atoms with Crippen LogP contribution < -0.4 is 10.6 Å². The Morgan fingerprint density at radius 2 is 1.85 bits per heavy atom. The first kappa shape index (κ1) is 14.3. The minimum Gasteiger partial charge on any atom is -0.322 e. The van der Waals surface area contributed by atoms with E-state index in [1.807, 2.05) is 49.4 Å². The van der Waals surface area contributed by atoms with Crippen LogP contribution in [0, 0.1) is 13.8 Å². The summed E-state index contributed by atoms with van der Waals surface area (Å²) in [5, 5.41) is 0. The Kier molecular flexibility index (Phi) is 4.53. The highest BCUT2D eigenvalue weighted by atomic mass is 16.2. The zero-order valence-electron chi connectivity index (χ0n) is 12.0. The Bertz CT molecular complexity index is 607. The molecule has 2 N–H and O–H groups in total. The zero-order chi connectivity index (χ0) is 14.5. The van der Waals surface area contributed by atoms with Crippen molar-refractivity contribution in [2.45, 2.75) is 20.4 Å². The Labute approximate surface area is 120 Å². The van der Waals surface area contributed by atoms with Crippen LogP contribution in [0.4, 0.5) is 5.69 Å². The lowest BCUT2D eigenvalue weighted by Crippen LogP contribution is -2.35. The molecule has 0 radical (unpaired) electrons. The van der Waals surface area contributed by atoms with Gasteiger partial charge in [0, 0.05) is 5.69 Å². The van der Waals surface area contributed by atoms with E-state index in [0.29, 0.717) is 6.54 Å². The van der Waals surface area contributed by atoms with Gasteiger partial charge in [0.1, 0.15) is 0 Å². The summed E-state index contributed by atoms with van der Waals surface area (Å²) in [6.45, 7) is 4.63. The van der Waals surface area contributed by atoms with Gasteiger partial charge in [-0.25, -0.2) is 0 Å². The van der Waals surface area contributed by atoms with Crippen LogP contribution in [0.15, 0.2) is 48.5 Å². The van der Waals surface area contributed by atoms with Crippen molar-refractivity contribution >= 4 is 11.6 Å². The molecule has 0 saturated heterocycles. The third kappa shape index (κ3) is 3.25. The molecule has 104 valence electrons. The predicted molar refractivity (Wildman–Crippen MR) is 82.6 cm³/mol. The van der Waals surface area contributed by atoms with Crippen molar-refractivity contribution in [1.29, 1.82) is 0 Å². The van der Waals surface area contributed by atoms with Crippen molar-refractivity contribution in [2.24, 2.45) is 5.73 Å². The van der Waals surface area contributed by atoms with E-state index >= 15 is 0 Å². The summed E-state index contributed by atoms with van der Waals surface area (Å²) in [4.78, 5) is 13.9. The van der Waals surface area contributed by atoms with Crippen LogP contribution in [0.25, 0.3) is 0 Å². The van der Waals surface area contributed by atoms with Crippen molar-refractivity contribution in [3.63, 3.8) is 0 Å². The summed E-state index contributed by atoms with van der Waals surface area (Å²) < 4.78 is 0. The predicted octanol–water partition coefficient (Wildman–Crippen LogP) is 2.80. The average molecular weight is 268 g/mol. The van der Waals surface area contributed by atoms with Crippen LogP contribution in [-0.4, -0.2) is 12.5 Å². The number of carbonyl (C=O) groups is 1. The third-order valence-electron chi connectivity index (χ3n) is 3.38. The van der Waals surface area contributed by atoms with Gasteiger partial charge < -0.3 is 10.6 Å². The van der Waals surface area contributed by atoms with Crippen LogP contribution >= 0.6 is 0 Å². The smallest absolute Gasteiger partial charge is 0.241 e. The molecule has 0 unspecified atom stereocenters. The lowest BCUT2D eigenvalue weighted by molar-refractivity contribution is -0.117. The molecule has 0 aliphatic heterocycles. The van der Waals surface area contributed by atoms with Crippen molar-refractivity contribution < 1.29 is 4.79 Å². The van der Waals surface area contributed by atoms with Gasteiger partial charge in [-0.2, -0.15) is 0 Å². The normalized spacial score (nSPS) is 10.3. The molecule has 2 aromatic rings. The summed E-state index contributed by atoms with van der Waals surface area (Å²) in [6, 6.07) is 16.0. The second kappa shape index (κ2) is 6.35. The molecule has 20 heavy (non-hydrogen) atoms. The molecule has 1 amide bonds. The first-order chi connectivity index (χ1) is 9.61. The number of hydrogen-bond donors (Lipinski definition) is 1. The molecule has 0 aliphatic rings. The van der Waals surface area contributed by atoms with Gasteiger partial charge in [0.2, 0.25) is 5.91 Å². The van der Waals surface area contributed by atoms with E-state index in [-0.39, 0.29) is 12.5 Å². The van der Waals surface area contributed by atoms with E-state index < -0.39 is 0 Å². The Morgan fingerprint density at radius 3 is 2.50 bits per heavy atom. The monoisotopic (exact) mass is 268 g/mol. The molecular formula is C17H20N2O. The van der Waals surface area contributed by atoms with Gasteiger partial charge in [-0.3, -0.25) is 4.79 Å². The fraction of sp³-hybridized carbons (Fsp3) is 0.235. The minimum absolute atomic E-state index is 0.0137. The Hall–Kier alpha value is -2.13. The number of nitrogens with zero attached hydrogens (tertiary/aromatic N) is 1. The molecule has 0 saturated carbocycles. The van der Waals surface area contributed by atoms with Gasteiger partial charge in [-0.15, -0.1) is 0 Å². The number of aryl methyl sites for hydroxylation is 2. The number of rotatable bonds is 4. The second-order valence-electron chi connectivity index (χ2n) is 4.95. The van der Waals surface area contributed by atoms with E-state index in [1.165, 1.54) is 5.56 Å². The molecule has 0 aromatic heterocycles. The molecular weight excluding hydrogens is 248 g/mol.